The van der Waals surface area contributed by atoms with Crippen LogP contribution in [-0.2, 0) is 0 Å². The number of carbonyl (C=O) groups is 1. The number of halogens is 5. The standard InChI is InChI=1S/C16H11F5N2O/c17-9-5-6-10(12(18)7-9)14-22-13-4-2-1-3-11(13)15(24)23(14)8-16(19,20)21/h1-7,14,22H,8H2/t14-/m0/s1. The van der Waals surface area contributed by atoms with E-state index in [2.05, 4.69) is 5.32 Å². The Kier molecular flexibility index (Phi) is 3.90. The lowest BCUT2D eigenvalue weighted by Gasteiger charge is -2.38. The van der Waals surface area contributed by atoms with Gasteiger partial charge in [-0.25, -0.2) is 8.78 Å². The molecule has 0 spiro atoms. The van der Waals surface area contributed by atoms with Crippen molar-refractivity contribution in [3.63, 3.8) is 0 Å². The molecule has 2 aromatic carbocycles. The van der Waals surface area contributed by atoms with Crippen LogP contribution in [-0.4, -0.2) is 23.5 Å². The summed E-state index contributed by atoms with van der Waals surface area (Å²) >= 11 is 0. The molecule has 8 heteroatoms. The largest absolute Gasteiger partial charge is 0.406 e. The molecule has 1 aliphatic rings. The number of anilines is 1. The van der Waals surface area contributed by atoms with E-state index in [4.69, 9.17) is 0 Å². The molecule has 0 radical (unpaired) electrons. The second-order valence-corrected chi connectivity index (χ2v) is 5.31. The van der Waals surface area contributed by atoms with E-state index in [1.165, 1.54) is 18.2 Å². The molecule has 0 aromatic heterocycles. The van der Waals surface area contributed by atoms with E-state index in [9.17, 15) is 26.7 Å². The van der Waals surface area contributed by atoms with Gasteiger partial charge in [-0.2, -0.15) is 13.2 Å². The normalized spacial score (nSPS) is 17.5. The van der Waals surface area contributed by atoms with Crippen molar-refractivity contribution < 1.29 is 26.7 Å². The molecule has 126 valence electrons. The first-order valence-corrected chi connectivity index (χ1v) is 6.94. The van der Waals surface area contributed by atoms with Crippen molar-refractivity contribution in [2.45, 2.75) is 12.3 Å². The van der Waals surface area contributed by atoms with Crippen LogP contribution < -0.4 is 5.32 Å². The molecule has 0 bridgehead atoms. The average Bonchev–Trinajstić information content (AvgIpc) is 2.49. The third kappa shape index (κ3) is 3.04. The van der Waals surface area contributed by atoms with Crippen molar-refractivity contribution in [3.05, 3.63) is 65.2 Å². The van der Waals surface area contributed by atoms with Gasteiger partial charge in [-0.05, 0) is 24.3 Å². The van der Waals surface area contributed by atoms with Crippen LogP contribution in [0.2, 0.25) is 0 Å². The number of para-hydroxylation sites is 1. The van der Waals surface area contributed by atoms with E-state index < -0.39 is 36.4 Å². The molecule has 1 atom stereocenters. The Bertz CT molecular complexity index is 790. The fourth-order valence-electron chi connectivity index (χ4n) is 2.62. The number of rotatable bonds is 2. The summed E-state index contributed by atoms with van der Waals surface area (Å²) in [5.74, 6) is -2.77. The van der Waals surface area contributed by atoms with Crippen molar-refractivity contribution in [3.8, 4) is 0 Å². The summed E-state index contributed by atoms with van der Waals surface area (Å²) in [5.41, 5.74) is 0.0960. The zero-order chi connectivity index (χ0) is 17.5. The molecule has 3 nitrogen and oxygen atoms in total. The van der Waals surface area contributed by atoms with Crippen molar-refractivity contribution in [1.82, 2.24) is 4.90 Å². The summed E-state index contributed by atoms with van der Waals surface area (Å²) in [4.78, 5) is 12.9. The quantitative estimate of drug-likeness (QED) is 0.834. The second-order valence-electron chi connectivity index (χ2n) is 5.31. The molecular weight excluding hydrogens is 331 g/mol. The van der Waals surface area contributed by atoms with Crippen LogP contribution in [0.25, 0.3) is 0 Å². The summed E-state index contributed by atoms with van der Waals surface area (Å²) in [5, 5.41) is 2.72. The smallest absolute Gasteiger partial charge is 0.361 e. The Labute approximate surface area is 133 Å². The third-order valence-electron chi connectivity index (χ3n) is 3.63. The van der Waals surface area contributed by atoms with Crippen LogP contribution in [0.4, 0.5) is 27.6 Å². The highest BCUT2D eigenvalue weighted by atomic mass is 19.4. The van der Waals surface area contributed by atoms with E-state index in [0.29, 0.717) is 11.0 Å². The zero-order valence-corrected chi connectivity index (χ0v) is 12.1. The number of carbonyl (C=O) groups excluding carboxylic acids is 1. The predicted molar refractivity (Wildman–Crippen MR) is 76.3 cm³/mol. The summed E-state index contributed by atoms with van der Waals surface area (Å²) in [6, 6.07) is 8.51. The lowest BCUT2D eigenvalue weighted by atomic mass is 10.0. The van der Waals surface area contributed by atoms with E-state index in [0.717, 1.165) is 12.1 Å². The first-order valence-electron chi connectivity index (χ1n) is 6.94. The fraction of sp³-hybridized carbons (Fsp3) is 0.188. The van der Waals surface area contributed by atoms with Gasteiger partial charge in [-0.15, -0.1) is 0 Å². The molecule has 24 heavy (non-hydrogen) atoms. The highest BCUT2D eigenvalue weighted by Crippen LogP contribution is 2.36. The molecule has 0 aliphatic carbocycles. The minimum Gasteiger partial charge on any atom is -0.361 e. The topological polar surface area (TPSA) is 32.3 Å². The highest BCUT2D eigenvalue weighted by Gasteiger charge is 2.41. The molecule has 1 N–H and O–H groups in total. The molecule has 2 aromatic rings. The van der Waals surface area contributed by atoms with Gasteiger partial charge < -0.3 is 10.2 Å². The van der Waals surface area contributed by atoms with E-state index in [1.54, 1.807) is 6.07 Å². The van der Waals surface area contributed by atoms with E-state index in [1.807, 2.05) is 0 Å². The van der Waals surface area contributed by atoms with Crippen LogP contribution >= 0.6 is 0 Å². The number of alkyl halides is 3. The SMILES string of the molecule is O=C1c2ccccc2N[C@H](c2ccc(F)cc2F)N1CC(F)(F)F. The Balaban J connectivity index is 2.09. The van der Waals surface area contributed by atoms with E-state index >= 15 is 0 Å². The first kappa shape index (κ1) is 16.2. The Hall–Kier alpha value is -2.64. The number of benzene rings is 2. The predicted octanol–water partition coefficient (Wildman–Crippen LogP) is 4.09. The van der Waals surface area contributed by atoms with Gasteiger partial charge in [0.1, 0.15) is 24.3 Å². The van der Waals surface area contributed by atoms with Crippen LogP contribution in [0, 0.1) is 11.6 Å². The molecule has 0 saturated carbocycles. The summed E-state index contributed by atoms with van der Waals surface area (Å²) in [6.45, 7) is -1.56. The van der Waals surface area contributed by atoms with Crippen molar-refractivity contribution >= 4 is 11.6 Å². The number of hydrogen-bond acceptors (Lipinski definition) is 2. The molecule has 0 fully saturated rings. The van der Waals surface area contributed by atoms with E-state index in [-0.39, 0.29) is 16.8 Å². The van der Waals surface area contributed by atoms with Crippen LogP contribution in [0.15, 0.2) is 42.5 Å². The van der Waals surface area contributed by atoms with Crippen LogP contribution in [0.5, 0.6) is 0 Å². The van der Waals surface area contributed by atoms with Gasteiger partial charge in [0.25, 0.3) is 5.91 Å². The zero-order valence-electron chi connectivity index (χ0n) is 12.1. The fourth-order valence-corrected chi connectivity index (χ4v) is 2.62. The molecular formula is C16H11F5N2O. The lowest BCUT2D eigenvalue weighted by Crippen LogP contribution is -2.47. The maximum Gasteiger partial charge on any atom is 0.406 e. The summed E-state index contributed by atoms with van der Waals surface area (Å²) in [7, 11) is 0. The third-order valence-corrected chi connectivity index (χ3v) is 3.63. The number of hydrogen-bond donors (Lipinski definition) is 1. The van der Waals surface area contributed by atoms with Gasteiger partial charge in [0.05, 0.1) is 5.56 Å². The first-order chi connectivity index (χ1) is 11.3. The maximum absolute atomic E-state index is 14.0. The maximum atomic E-state index is 14.0. The van der Waals surface area contributed by atoms with Gasteiger partial charge in [0.2, 0.25) is 0 Å². The Morgan fingerprint density at radius 3 is 2.46 bits per heavy atom. The number of amides is 1. The van der Waals surface area contributed by atoms with Gasteiger partial charge in [-0.1, -0.05) is 12.1 Å². The molecule has 1 heterocycles. The number of nitrogens with one attached hydrogen (secondary N) is 1. The van der Waals surface area contributed by atoms with Crippen LogP contribution in [0.3, 0.4) is 0 Å². The monoisotopic (exact) mass is 342 g/mol. The van der Waals surface area contributed by atoms with Gasteiger partial charge in [0.15, 0.2) is 0 Å². The second kappa shape index (κ2) is 5.77. The highest BCUT2D eigenvalue weighted by molar-refractivity contribution is 6.01. The lowest BCUT2D eigenvalue weighted by molar-refractivity contribution is -0.144. The van der Waals surface area contributed by atoms with Gasteiger partial charge in [-0.3, -0.25) is 4.79 Å². The minimum atomic E-state index is -4.67. The molecule has 1 amide bonds. The molecule has 0 unspecified atom stereocenters. The van der Waals surface area contributed by atoms with Crippen LogP contribution in [0.1, 0.15) is 22.1 Å². The Morgan fingerprint density at radius 2 is 1.79 bits per heavy atom. The van der Waals surface area contributed by atoms with Crippen molar-refractivity contribution in [2.75, 3.05) is 11.9 Å². The van der Waals surface area contributed by atoms with Crippen molar-refractivity contribution in [1.29, 1.82) is 0 Å². The summed E-state index contributed by atoms with van der Waals surface area (Å²) in [6.07, 6.45) is -6.06. The Morgan fingerprint density at radius 1 is 1.08 bits per heavy atom. The number of fused-ring (bicyclic) bond motifs is 1. The molecule has 3 rings (SSSR count). The van der Waals surface area contributed by atoms with Gasteiger partial charge >= 0.3 is 6.18 Å². The molecule has 0 saturated heterocycles. The molecule has 1 aliphatic heterocycles. The average molecular weight is 342 g/mol. The van der Waals surface area contributed by atoms with Crippen molar-refractivity contribution in [2.24, 2.45) is 0 Å². The minimum absolute atomic E-state index is 0.0560. The van der Waals surface area contributed by atoms with Gasteiger partial charge in [0, 0.05) is 17.3 Å². The number of nitrogens with zero attached hydrogens (tertiary/aromatic N) is 1. The summed E-state index contributed by atoms with van der Waals surface area (Å²) < 4.78 is 65.7.